The Bertz CT molecular complexity index is 262. The molecule has 1 rings (SSSR count). The molecule has 1 aromatic rings. The third-order valence-corrected chi connectivity index (χ3v) is 3.23. The lowest BCUT2D eigenvalue weighted by atomic mass is 10.2. The number of aromatic nitrogens is 1. The first kappa shape index (κ1) is 11.6. The first-order valence-electron chi connectivity index (χ1n) is 5.04. The number of hydrogen-bond donors (Lipinski definition) is 2. The highest BCUT2D eigenvalue weighted by molar-refractivity contribution is 7.11. The SMILES string of the molecule is CCc1ncc(CNC(C)CCO)s1. The number of hydrogen-bond acceptors (Lipinski definition) is 4. The third-order valence-electron chi connectivity index (χ3n) is 2.09. The van der Waals surface area contributed by atoms with Crippen molar-refractivity contribution in [2.24, 2.45) is 0 Å². The van der Waals surface area contributed by atoms with E-state index < -0.39 is 0 Å². The lowest BCUT2D eigenvalue weighted by Crippen LogP contribution is -2.25. The molecule has 0 radical (unpaired) electrons. The highest BCUT2D eigenvalue weighted by Crippen LogP contribution is 2.13. The molecule has 1 aromatic heterocycles. The fourth-order valence-corrected chi connectivity index (χ4v) is 1.98. The largest absolute Gasteiger partial charge is 0.396 e. The average molecular weight is 214 g/mol. The molecule has 0 fully saturated rings. The minimum Gasteiger partial charge on any atom is -0.396 e. The molecule has 0 aliphatic rings. The van der Waals surface area contributed by atoms with Crippen LogP contribution in [0.5, 0.6) is 0 Å². The maximum Gasteiger partial charge on any atom is 0.0925 e. The van der Waals surface area contributed by atoms with Gasteiger partial charge >= 0.3 is 0 Å². The summed E-state index contributed by atoms with van der Waals surface area (Å²) < 4.78 is 0. The van der Waals surface area contributed by atoms with Gasteiger partial charge in [0, 0.05) is 30.3 Å². The van der Waals surface area contributed by atoms with E-state index in [2.05, 4.69) is 24.1 Å². The number of nitrogens with zero attached hydrogens (tertiary/aromatic N) is 1. The van der Waals surface area contributed by atoms with Gasteiger partial charge in [-0.25, -0.2) is 4.98 Å². The number of aryl methyl sites for hydroxylation is 1. The van der Waals surface area contributed by atoms with Crippen LogP contribution in [0.15, 0.2) is 6.20 Å². The first-order chi connectivity index (χ1) is 6.76. The van der Waals surface area contributed by atoms with Gasteiger partial charge < -0.3 is 10.4 Å². The summed E-state index contributed by atoms with van der Waals surface area (Å²) in [4.78, 5) is 5.56. The topological polar surface area (TPSA) is 45.2 Å². The van der Waals surface area contributed by atoms with Gasteiger partial charge in [-0.2, -0.15) is 0 Å². The molecule has 0 aromatic carbocycles. The smallest absolute Gasteiger partial charge is 0.0925 e. The molecular weight excluding hydrogens is 196 g/mol. The van der Waals surface area contributed by atoms with Gasteiger partial charge in [0.25, 0.3) is 0 Å². The fraction of sp³-hybridized carbons (Fsp3) is 0.700. The molecule has 3 nitrogen and oxygen atoms in total. The van der Waals surface area contributed by atoms with Crippen LogP contribution in [0.25, 0.3) is 0 Å². The van der Waals surface area contributed by atoms with Crippen LogP contribution in [0.1, 0.15) is 30.2 Å². The van der Waals surface area contributed by atoms with Crippen LogP contribution < -0.4 is 5.32 Å². The number of nitrogens with one attached hydrogen (secondary N) is 1. The van der Waals surface area contributed by atoms with E-state index in [1.807, 2.05) is 6.20 Å². The summed E-state index contributed by atoms with van der Waals surface area (Å²) in [6.07, 6.45) is 3.75. The van der Waals surface area contributed by atoms with E-state index in [0.29, 0.717) is 6.04 Å². The fourth-order valence-electron chi connectivity index (χ4n) is 1.16. The van der Waals surface area contributed by atoms with Gasteiger partial charge in [-0.1, -0.05) is 6.92 Å². The van der Waals surface area contributed by atoms with Gasteiger partial charge in [0.15, 0.2) is 0 Å². The van der Waals surface area contributed by atoms with Crippen LogP contribution in [-0.4, -0.2) is 22.7 Å². The van der Waals surface area contributed by atoms with E-state index in [0.717, 1.165) is 19.4 Å². The van der Waals surface area contributed by atoms with E-state index in [-0.39, 0.29) is 6.61 Å². The van der Waals surface area contributed by atoms with Crippen molar-refractivity contribution in [3.8, 4) is 0 Å². The van der Waals surface area contributed by atoms with Crippen molar-refractivity contribution in [1.29, 1.82) is 0 Å². The normalized spacial score (nSPS) is 13.1. The van der Waals surface area contributed by atoms with Gasteiger partial charge in [0.05, 0.1) is 5.01 Å². The summed E-state index contributed by atoms with van der Waals surface area (Å²) in [5.41, 5.74) is 0. The van der Waals surface area contributed by atoms with Gasteiger partial charge in [-0.05, 0) is 19.8 Å². The zero-order valence-electron chi connectivity index (χ0n) is 8.79. The molecule has 1 unspecified atom stereocenters. The van der Waals surface area contributed by atoms with Crippen molar-refractivity contribution < 1.29 is 5.11 Å². The maximum absolute atomic E-state index is 8.73. The molecular formula is C10H18N2OS. The molecule has 0 aliphatic carbocycles. The van der Waals surface area contributed by atoms with Crippen molar-refractivity contribution in [3.63, 3.8) is 0 Å². The zero-order chi connectivity index (χ0) is 10.4. The number of thiazole rings is 1. The molecule has 0 amide bonds. The Labute approximate surface area is 89.2 Å². The molecule has 1 heterocycles. The first-order valence-corrected chi connectivity index (χ1v) is 5.85. The monoisotopic (exact) mass is 214 g/mol. The molecule has 0 spiro atoms. The Morgan fingerprint density at radius 1 is 1.64 bits per heavy atom. The minimum atomic E-state index is 0.247. The van der Waals surface area contributed by atoms with E-state index in [1.54, 1.807) is 11.3 Å². The lowest BCUT2D eigenvalue weighted by Gasteiger charge is -2.10. The summed E-state index contributed by atoms with van der Waals surface area (Å²) in [6.45, 7) is 5.30. The average Bonchev–Trinajstić information content (AvgIpc) is 2.63. The second kappa shape index (κ2) is 6.11. The molecule has 80 valence electrons. The van der Waals surface area contributed by atoms with Crippen LogP contribution in [0.4, 0.5) is 0 Å². The van der Waals surface area contributed by atoms with Crippen LogP contribution >= 0.6 is 11.3 Å². The number of rotatable bonds is 6. The molecule has 14 heavy (non-hydrogen) atoms. The Kier molecular flexibility index (Phi) is 5.07. The summed E-state index contributed by atoms with van der Waals surface area (Å²) in [7, 11) is 0. The Hall–Kier alpha value is -0.450. The van der Waals surface area contributed by atoms with Crippen molar-refractivity contribution in [2.45, 2.75) is 39.3 Å². The van der Waals surface area contributed by atoms with Crippen molar-refractivity contribution in [2.75, 3.05) is 6.61 Å². The maximum atomic E-state index is 8.73. The predicted octanol–water partition coefficient (Wildman–Crippen LogP) is 1.57. The lowest BCUT2D eigenvalue weighted by molar-refractivity contribution is 0.269. The van der Waals surface area contributed by atoms with Crippen molar-refractivity contribution in [1.82, 2.24) is 10.3 Å². The van der Waals surface area contributed by atoms with Gasteiger partial charge in [0.2, 0.25) is 0 Å². The Morgan fingerprint density at radius 2 is 2.43 bits per heavy atom. The zero-order valence-corrected chi connectivity index (χ0v) is 9.60. The highest BCUT2D eigenvalue weighted by atomic mass is 32.1. The second-order valence-corrected chi connectivity index (χ2v) is 4.57. The summed E-state index contributed by atoms with van der Waals surface area (Å²) in [5, 5.41) is 13.3. The van der Waals surface area contributed by atoms with E-state index in [4.69, 9.17) is 5.11 Å². The van der Waals surface area contributed by atoms with Gasteiger partial charge in [-0.15, -0.1) is 11.3 Å². The Morgan fingerprint density at radius 3 is 3.00 bits per heavy atom. The van der Waals surface area contributed by atoms with Gasteiger partial charge in [-0.3, -0.25) is 0 Å². The Balaban J connectivity index is 2.30. The molecule has 1 atom stereocenters. The minimum absolute atomic E-state index is 0.247. The highest BCUT2D eigenvalue weighted by Gasteiger charge is 2.03. The van der Waals surface area contributed by atoms with Crippen molar-refractivity contribution in [3.05, 3.63) is 16.1 Å². The molecule has 2 N–H and O–H groups in total. The molecule has 0 saturated carbocycles. The summed E-state index contributed by atoms with van der Waals surface area (Å²) in [6, 6.07) is 0.368. The summed E-state index contributed by atoms with van der Waals surface area (Å²) in [5.74, 6) is 0. The van der Waals surface area contributed by atoms with E-state index in [9.17, 15) is 0 Å². The quantitative estimate of drug-likeness (QED) is 0.755. The van der Waals surface area contributed by atoms with Crippen LogP contribution in [0.3, 0.4) is 0 Å². The summed E-state index contributed by atoms with van der Waals surface area (Å²) >= 11 is 1.76. The van der Waals surface area contributed by atoms with Crippen LogP contribution in [-0.2, 0) is 13.0 Å². The standard InChI is InChI=1S/C10H18N2OS/c1-3-10-12-7-9(14-10)6-11-8(2)4-5-13/h7-8,11,13H,3-6H2,1-2H3. The molecule has 0 bridgehead atoms. The molecule has 0 saturated heterocycles. The van der Waals surface area contributed by atoms with Crippen LogP contribution in [0, 0.1) is 0 Å². The van der Waals surface area contributed by atoms with Crippen molar-refractivity contribution >= 4 is 11.3 Å². The molecule has 0 aliphatic heterocycles. The number of aliphatic hydroxyl groups excluding tert-OH is 1. The predicted molar refractivity (Wildman–Crippen MR) is 59.5 cm³/mol. The van der Waals surface area contributed by atoms with Gasteiger partial charge in [0.1, 0.15) is 0 Å². The van der Waals surface area contributed by atoms with Crippen LogP contribution in [0.2, 0.25) is 0 Å². The van der Waals surface area contributed by atoms with E-state index >= 15 is 0 Å². The molecule has 4 heteroatoms. The number of aliphatic hydroxyl groups is 1. The second-order valence-electron chi connectivity index (χ2n) is 3.37. The third kappa shape index (κ3) is 3.74. The van der Waals surface area contributed by atoms with E-state index in [1.165, 1.54) is 9.88 Å².